The Hall–Kier alpha value is -1.23. The summed E-state index contributed by atoms with van der Waals surface area (Å²) in [6.07, 6.45) is 0.0659. The second-order valence-electron chi connectivity index (χ2n) is 3.60. The Morgan fingerprint density at radius 1 is 1.11 bits per heavy atom. The lowest BCUT2D eigenvalue weighted by Crippen LogP contribution is -2.04. The highest BCUT2D eigenvalue weighted by atomic mass is 35.5. The van der Waals surface area contributed by atoms with Gasteiger partial charge in [0, 0.05) is 6.20 Å². The summed E-state index contributed by atoms with van der Waals surface area (Å²) in [6, 6.07) is 4.49. The lowest BCUT2D eigenvalue weighted by Gasteiger charge is -2.12. The molecule has 0 aliphatic rings. The number of halogens is 4. The molecule has 1 aromatic carbocycles. The van der Waals surface area contributed by atoms with Crippen molar-refractivity contribution in [3.63, 3.8) is 0 Å². The summed E-state index contributed by atoms with van der Waals surface area (Å²) in [4.78, 5) is 3.88. The molecule has 2 rings (SSSR count). The van der Waals surface area contributed by atoms with Crippen molar-refractivity contribution in [3.8, 4) is 0 Å². The van der Waals surface area contributed by atoms with E-state index in [9.17, 15) is 13.9 Å². The zero-order valence-corrected chi connectivity index (χ0v) is 10.4. The molecule has 2 aromatic rings. The molecule has 0 aliphatic heterocycles. The Morgan fingerprint density at radius 3 is 2.44 bits per heavy atom. The molecule has 1 atom stereocenters. The van der Waals surface area contributed by atoms with E-state index >= 15 is 0 Å². The van der Waals surface area contributed by atoms with Gasteiger partial charge in [-0.2, -0.15) is 0 Å². The molecule has 0 saturated heterocycles. The summed E-state index contributed by atoms with van der Waals surface area (Å²) in [6.45, 7) is 0. The number of benzene rings is 1. The summed E-state index contributed by atoms with van der Waals surface area (Å²) in [5.41, 5.74) is 0.290. The number of aliphatic hydroxyl groups excluding tert-OH is 1. The Bertz CT molecular complexity index is 592. The van der Waals surface area contributed by atoms with Crippen molar-refractivity contribution in [1.82, 2.24) is 4.98 Å². The number of aliphatic hydroxyl groups is 1. The van der Waals surface area contributed by atoms with Crippen LogP contribution in [0.25, 0.3) is 0 Å². The molecular formula is C12H7Cl2F2NO. The van der Waals surface area contributed by atoms with Crippen molar-refractivity contribution in [2.24, 2.45) is 0 Å². The Kier molecular flexibility index (Phi) is 3.80. The van der Waals surface area contributed by atoms with Crippen LogP contribution in [0.3, 0.4) is 0 Å². The van der Waals surface area contributed by atoms with E-state index in [1.165, 1.54) is 18.3 Å². The van der Waals surface area contributed by atoms with E-state index in [4.69, 9.17) is 23.2 Å². The van der Waals surface area contributed by atoms with E-state index in [1.807, 2.05) is 0 Å². The van der Waals surface area contributed by atoms with Crippen molar-refractivity contribution in [2.75, 3.05) is 0 Å². The maximum absolute atomic E-state index is 13.1. The van der Waals surface area contributed by atoms with Gasteiger partial charge in [-0.1, -0.05) is 29.3 Å². The average Bonchev–Trinajstić information content (AvgIpc) is 2.32. The minimum Gasteiger partial charge on any atom is -0.382 e. The van der Waals surface area contributed by atoms with Crippen LogP contribution in [0, 0.1) is 11.6 Å². The smallest absolute Gasteiger partial charge is 0.159 e. The van der Waals surface area contributed by atoms with Gasteiger partial charge in [-0.15, -0.1) is 0 Å². The third-order valence-electron chi connectivity index (χ3n) is 2.35. The van der Waals surface area contributed by atoms with Gasteiger partial charge in [0.15, 0.2) is 11.6 Å². The molecule has 0 amide bonds. The zero-order valence-electron chi connectivity index (χ0n) is 8.87. The summed E-state index contributed by atoms with van der Waals surface area (Å²) >= 11 is 11.5. The van der Waals surface area contributed by atoms with Crippen LogP contribution >= 0.6 is 23.2 Å². The van der Waals surface area contributed by atoms with Crippen LogP contribution in [-0.2, 0) is 0 Å². The van der Waals surface area contributed by atoms with Crippen molar-refractivity contribution < 1.29 is 13.9 Å². The molecule has 0 aliphatic carbocycles. The highest BCUT2D eigenvalue weighted by molar-refractivity contribution is 6.34. The number of rotatable bonds is 2. The molecule has 0 saturated carbocycles. The summed E-state index contributed by atoms with van der Waals surface area (Å²) in [7, 11) is 0. The molecule has 0 fully saturated rings. The lowest BCUT2D eigenvalue weighted by molar-refractivity contribution is 0.214. The fraction of sp³-hybridized carbons (Fsp3) is 0.0833. The van der Waals surface area contributed by atoms with E-state index in [2.05, 4.69) is 4.98 Å². The van der Waals surface area contributed by atoms with Gasteiger partial charge in [0.25, 0.3) is 0 Å². The maximum Gasteiger partial charge on any atom is 0.159 e. The topological polar surface area (TPSA) is 33.1 Å². The first kappa shape index (κ1) is 13.2. The minimum absolute atomic E-state index is 0.132. The van der Waals surface area contributed by atoms with Gasteiger partial charge in [-0.25, -0.2) is 8.78 Å². The molecule has 0 bridgehead atoms. The lowest BCUT2D eigenvalue weighted by atomic mass is 10.1. The average molecular weight is 290 g/mol. The van der Waals surface area contributed by atoms with Gasteiger partial charge in [-0.05, 0) is 23.8 Å². The van der Waals surface area contributed by atoms with Gasteiger partial charge < -0.3 is 5.11 Å². The highest BCUT2D eigenvalue weighted by Gasteiger charge is 2.17. The Balaban J connectivity index is 2.41. The monoisotopic (exact) mass is 289 g/mol. The Morgan fingerprint density at radius 2 is 1.83 bits per heavy atom. The van der Waals surface area contributed by atoms with E-state index in [-0.39, 0.29) is 16.3 Å². The molecule has 1 N–H and O–H groups in total. The van der Waals surface area contributed by atoms with Crippen LogP contribution in [0.15, 0.2) is 30.5 Å². The van der Waals surface area contributed by atoms with Crippen LogP contribution in [0.1, 0.15) is 17.4 Å². The third-order valence-corrected chi connectivity index (χ3v) is 2.86. The number of pyridine rings is 1. The summed E-state index contributed by atoms with van der Waals surface area (Å²) in [5.74, 6) is -2.03. The predicted octanol–water partition coefficient (Wildman–Crippen LogP) is 3.75. The van der Waals surface area contributed by atoms with Gasteiger partial charge in [0.1, 0.15) is 6.10 Å². The normalized spacial score (nSPS) is 12.5. The number of nitrogens with zero attached hydrogens (tertiary/aromatic N) is 1. The van der Waals surface area contributed by atoms with Crippen molar-refractivity contribution in [2.45, 2.75) is 6.10 Å². The minimum atomic E-state index is -1.25. The highest BCUT2D eigenvalue weighted by Crippen LogP contribution is 2.28. The standard InChI is InChI=1S/C12H7Cl2F2NO/c13-7-4-8(14)11(17-5-7)12(18)6-1-2-9(15)10(16)3-6/h1-5,12,18H. The van der Waals surface area contributed by atoms with Crippen LogP contribution in [0.4, 0.5) is 8.78 Å². The second kappa shape index (κ2) is 5.18. The van der Waals surface area contributed by atoms with E-state index in [1.54, 1.807) is 0 Å². The van der Waals surface area contributed by atoms with E-state index in [0.717, 1.165) is 12.1 Å². The zero-order chi connectivity index (χ0) is 13.3. The first-order valence-corrected chi connectivity index (χ1v) is 5.68. The van der Waals surface area contributed by atoms with Gasteiger partial charge >= 0.3 is 0 Å². The largest absolute Gasteiger partial charge is 0.382 e. The van der Waals surface area contributed by atoms with Crippen LogP contribution in [0.5, 0.6) is 0 Å². The maximum atomic E-state index is 13.1. The van der Waals surface area contributed by atoms with Crippen LogP contribution in [0.2, 0.25) is 10.0 Å². The van der Waals surface area contributed by atoms with Crippen molar-refractivity contribution in [3.05, 3.63) is 63.4 Å². The quantitative estimate of drug-likeness (QED) is 0.913. The molecule has 94 valence electrons. The molecule has 6 heteroatoms. The fourth-order valence-electron chi connectivity index (χ4n) is 1.47. The predicted molar refractivity (Wildman–Crippen MR) is 64.7 cm³/mol. The van der Waals surface area contributed by atoms with Crippen molar-refractivity contribution in [1.29, 1.82) is 0 Å². The van der Waals surface area contributed by atoms with E-state index < -0.39 is 17.7 Å². The Labute approximate surface area is 112 Å². The number of aromatic nitrogens is 1. The molecule has 18 heavy (non-hydrogen) atoms. The SMILES string of the molecule is OC(c1ccc(F)c(F)c1)c1ncc(Cl)cc1Cl. The molecule has 1 aromatic heterocycles. The third kappa shape index (κ3) is 2.61. The molecule has 2 nitrogen and oxygen atoms in total. The number of hydrogen-bond acceptors (Lipinski definition) is 2. The van der Waals surface area contributed by atoms with Crippen molar-refractivity contribution >= 4 is 23.2 Å². The van der Waals surface area contributed by atoms with Gasteiger partial charge in [0.05, 0.1) is 15.7 Å². The van der Waals surface area contributed by atoms with Crippen LogP contribution < -0.4 is 0 Å². The second-order valence-corrected chi connectivity index (χ2v) is 4.44. The molecule has 1 unspecified atom stereocenters. The molecular weight excluding hydrogens is 283 g/mol. The molecule has 1 heterocycles. The molecule has 0 radical (unpaired) electrons. The van der Waals surface area contributed by atoms with Gasteiger partial charge in [-0.3, -0.25) is 4.98 Å². The summed E-state index contributed by atoms with van der Waals surface area (Å²) in [5, 5.41) is 10.5. The molecule has 0 spiro atoms. The fourth-order valence-corrected chi connectivity index (χ4v) is 1.95. The summed E-state index contributed by atoms with van der Waals surface area (Å²) < 4.78 is 25.8. The first-order chi connectivity index (χ1) is 8.49. The van der Waals surface area contributed by atoms with Gasteiger partial charge in [0.2, 0.25) is 0 Å². The van der Waals surface area contributed by atoms with E-state index in [0.29, 0.717) is 5.02 Å². The van der Waals surface area contributed by atoms with Crippen LogP contribution in [-0.4, -0.2) is 10.1 Å². The number of hydrogen-bond donors (Lipinski definition) is 1. The first-order valence-electron chi connectivity index (χ1n) is 4.93.